The number of benzene rings is 1. The first-order chi connectivity index (χ1) is 11.2. The van der Waals surface area contributed by atoms with Gasteiger partial charge < -0.3 is 19.9 Å². The van der Waals surface area contributed by atoms with Crippen molar-refractivity contribution in [1.82, 2.24) is 10.2 Å². The largest absolute Gasteiger partial charge is 0.380 e. The van der Waals surface area contributed by atoms with Gasteiger partial charge in [0, 0.05) is 52.4 Å². The number of nitrogens with one attached hydrogen (secondary N) is 1. The number of ether oxygens (including phenoxy) is 1. The van der Waals surface area contributed by atoms with Crippen LogP contribution in [-0.4, -0.2) is 63.8 Å². The van der Waals surface area contributed by atoms with Crippen LogP contribution in [0.25, 0.3) is 0 Å². The third kappa shape index (κ3) is 4.79. The number of piperazine rings is 1. The Kier molecular flexibility index (Phi) is 6.58. The van der Waals surface area contributed by atoms with Crippen LogP contribution in [0.3, 0.4) is 0 Å². The second-order valence-corrected chi connectivity index (χ2v) is 5.24. The van der Waals surface area contributed by atoms with Crippen LogP contribution in [0, 0.1) is 11.6 Å². The zero-order valence-electron chi connectivity index (χ0n) is 13.7. The molecule has 0 atom stereocenters. The molecule has 1 saturated heterocycles. The highest BCUT2D eigenvalue weighted by atomic mass is 19.1. The lowest BCUT2D eigenvalue weighted by Crippen LogP contribution is -2.53. The molecule has 0 radical (unpaired) electrons. The van der Waals surface area contributed by atoms with Gasteiger partial charge in [-0.3, -0.25) is 4.99 Å². The van der Waals surface area contributed by atoms with Crippen molar-refractivity contribution in [2.24, 2.45) is 4.99 Å². The summed E-state index contributed by atoms with van der Waals surface area (Å²) in [5.41, 5.74) is 0.323. The molecular weight excluding hydrogens is 302 g/mol. The van der Waals surface area contributed by atoms with Gasteiger partial charge in [0.25, 0.3) is 0 Å². The van der Waals surface area contributed by atoms with Crippen molar-refractivity contribution < 1.29 is 13.5 Å². The third-order valence-corrected chi connectivity index (χ3v) is 3.77. The van der Waals surface area contributed by atoms with E-state index in [0.29, 0.717) is 51.6 Å². The summed E-state index contributed by atoms with van der Waals surface area (Å²) < 4.78 is 32.5. The summed E-state index contributed by atoms with van der Waals surface area (Å²) in [7, 11) is 1.74. The van der Waals surface area contributed by atoms with Crippen LogP contribution in [0.2, 0.25) is 0 Å². The van der Waals surface area contributed by atoms with Crippen LogP contribution in [-0.2, 0) is 4.74 Å². The Morgan fingerprint density at radius 2 is 2.00 bits per heavy atom. The SMILES string of the molecule is CCOCCNC(=NC)N1CCN(c2cc(F)ccc2F)CC1. The van der Waals surface area contributed by atoms with Gasteiger partial charge in [-0.05, 0) is 19.1 Å². The van der Waals surface area contributed by atoms with E-state index in [-0.39, 0.29) is 5.82 Å². The molecule has 0 saturated carbocycles. The molecule has 1 fully saturated rings. The van der Waals surface area contributed by atoms with E-state index >= 15 is 0 Å². The van der Waals surface area contributed by atoms with Gasteiger partial charge in [-0.15, -0.1) is 0 Å². The number of nitrogens with zero attached hydrogens (tertiary/aromatic N) is 3. The van der Waals surface area contributed by atoms with Crippen LogP contribution in [0.1, 0.15) is 6.92 Å². The summed E-state index contributed by atoms with van der Waals surface area (Å²) in [5, 5.41) is 3.25. The van der Waals surface area contributed by atoms with Gasteiger partial charge in [0.1, 0.15) is 11.6 Å². The lowest BCUT2D eigenvalue weighted by atomic mass is 10.2. The Balaban J connectivity index is 1.88. The number of anilines is 1. The molecule has 2 rings (SSSR count). The molecule has 1 aromatic rings. The first-order valence-electron chi connectivity index (χ1n) is 7.89. The molecular formula is C16H24F2N4O. The number of halogens is 2. The number of guanidine groups is 1. The summed E-state index contributed by atoms with van der Waals surface area (Å²) in [5.74, 6) is 0.000342. The maximum absolute atomic E-state index is 13.8. The molecule has 1 aromatic carbocycles. The summed E-state index contributed by atoms with van der Waals surface area (Å²) in [6.45, 7) is 6.61. The Bertz CT molecular complexity index is 531. The van der Waals surface area contributed by atoms with Crippen molar-refractivity contribution in [2.75, 3.05) is 57.9 Å². The maximum atomic E-state index is 13.8. The zero-order chi connectivity index (χ0) is 16.7. The Morgan fingerprint density at radius 3 is 2.65 bits per heavy atom. The average Bonchev–Trinajstić information content (AvgIpc) is 2.57. The van der Waals surface area contributed by atoms with Crippen molar-refractivity contribution in [2.45, 2.75) is 6.92 Å². The van der Waals surface area contributed by atoms with Gasteiger partial charge in [-0.1, -0.05) is 0 Å². The molecule has 1 aliphatic heterocycles. The second-order valence-electron chi connectivity index (χ2n) is 5.24. The maximum Gasteiger partial charge on any atom is 0.193 e. The second kappa shape index (κ2) is 8.67. The lowest BCUT2D eigenvalue weighted by Gasteiger charge is -2.37. The number of hydrogen-bond donors (Lipinski definition) is 1. The van der Waals surface area contributed by atoms with Crippen molar-refractivity contribution in [3.8, 4) is 0 Å². The van der Waals surface area contributed by atoms with E-state index in [2.05, 4.69) is 15.2 Å². The molecule has 0 amide bonds. The Morgan fingerprint density at radius 1 is 1.26 bits per heavy atom. The molecule has 1 heterocycles. The fourth-order valence-corrected chi connectivity index (χ4v) is 2.60. The third-order valence-electron chi connectivity index (χ3n) is 3.77. The van der Waals surface area contributed by atoms with Crippen LogP contribution in [0.4, 0.5) is 14.5 Å². The highest BCUT2D eigenvalue weighted by molar-refractivity contribution is 5.80. The molecule has 128 valence electrons. The average molecular weight is 326 g/mol. The van der Waals surface area contributed by atoms with Crippen LogP contribution in [0.5, 0.6) is 0 Å². The quantitative estimate of drug-likeness (QED) is 0.508. The van der Waals surface area contributed by atoms with Crippen molar-refractivity contribution in [1.29, 1.82) is 0 Å². The summed E-state index contributed by atoms with van der Waals surface area (Å²) in [6.07, 6.45) is 0. The van der Waals surface area contributed by atoms with Crippen molar-refractivity contribution in [3.05, 3.63) is 29.8 Å². The molecule has 0 aliphatic carbocycles. The van der Waals surface area contributed by atoms with E-state index in [9.17, 15) is 8.78 Å². The van der Waals surface area contributed by atoms with E-state index in [4.69, 9.17) is 4.74 Å². The minimum absolute atomic E-state index is 0.323. The van der Waals surface area contributed by atoms with Gasteiger partial charge in [0.2, 0.25) is 0 Å². The molecule has 5 nitrogen and oxygen atoms in total. The fourth-order valence-electron chi connectivity index (χ4n) is 2.60. The van der Waals surface area contributed by atoms with E-state index in [0.717, 1.165) is 12.0 Å². The van der Waals surface area contributed by atoms with E-state index in [1.165, 1.54) is 12.1 Å². The van der Waals surface area contributed by atoms with Gasteiger partial charge >= 0.3 is 0 Å². The van der Waals surface area contributed by atoms with Crippen molar-refractivity contribution >= 4 is 11.6 Å². The number of hydrogen-bond acceptors (Lipinski definition) is 3. The van der Waals surface area contributed by atoms with E-state index < -0.39 is 5.82 Å². The first-order valence-corrected chi connectivity index (χ1v) is 7.89. The van der Waals surface area contributed by atoms with Gasteiger partial charge in [0.15, 0.2) is 5.96 Å². The minimum Gasteiger partial charge on any atom is -0.380 e. The number of aliphatic imine (C=N–C) groups is 1. The van der Waals surface area contributed by atoms with Gasteiger partial charge in [0.05, 0.1) is 12.3 Å². The smallest absolute Gasteiger partial charge is 0.193 e. The molecule has 23 heavy (non-hydrogen) atoms. The van der Waals surface area contributed by atoms with E-state index in [1.54, 1.807) is 7.05 Å². The highest BCUT2D eigenvalue weighted by Crippen LogP contribution is 2.21. The van der Waals surface area contributed by atoms with Gasteiger partial charge in [-0.2, -0.15) is 0 Å². The minimum atomic E-state index is -0.419. The highest BCUT2D eigenvalue weighted by Gasteiger charge is 2.21. The molecule has 0 unspecified atom stereocenters. The molecule has 1 N–H and O–H groups in total. The predicted octanol–water partition coefficient (Wildman–Crippen LogP) is 1.70. The molecule has 0 bridgehead atoms. The Labute approximate surface area is 135 Å². The van der Waals surface area contributed by atoms with Crippen LogP contribution >= 0.6 is 0 Å². The monoisotopic (exact) mass is 326 g/mol. The van der Waals surface area contributed by atoms with Crippen LogP contribution < -0.4 is 10.2 Å². The Hall–Kier alpha value is -1.89. The normalized spacial score (nSPS) is 15.9. The molecule has 0 spiro atoms. The summed E-state index contributed by atoms with van der Waals surface area (Å²) in [4.78, 5) is 8.24. The topological polar surface area (TPSA) is 40.1 Å². The fraction of sp³-hybridized carbons (Fsp3) is 0.562. The molecule has 7 heteroatoms. The summed E-state index contributed by atoms with van der Waals surface area (Å²) in [6, 6.07) is 3.56. The van der Waals surface area contributed by atoms with E-state index in [1.807, 2.05) is 11.8 Å². The van der Waals surface area contributed by atoms with Crippen LogP contribution in [0.15, 0.2) is 23.2 Å². The predicted molar refractivity (Wildman–Crippen MR) is 88.0 cm³/mol. The zero-order valence-corrected chi connectivity index (χ0v) is 13.7. The number of rotatable bonds is 5. The van der Waals surface area contributed by atoms with Gasteiger partial charge in [-0.25, -0.2) is 8.78 Å². The standard InChI is InChI=1S/C16H24F2N4O/c1-3-23-11-6-20-16(19-2)22-9-7-21(8-10-22)15-12-13(17)4-5-14(15)18/h4-5,12H,3,6-11H2,1-2H3,(H,19,20). The summed E-state index contributed by atoms with van der Waals surface area (Å²) >= 11 is 0. The lowest BCUT2D eigenvalue weighted by molar-refractivity contribution is 0.151. The first kappa shape index (κ1) is 17.5. The van der Waals surface area contributed by atoms with Crippen molar-refractivity contribution in [3.63, 3.8) is 0 Å². The molecule has 0 aromatic heterocycles. The molecule has 1 aliphatic rings.